The Morgan fingerprint density at radius 3 is 2.17 bits per heavy atom. The van der Waals surface area contributed by atoms with E-state index in [0.717, 1.165) is 14.2 Å². The number of anilines is 1. The van der Waals surface area contributed by atoms with Crippen molar-refractivity contribution in [3.63, 3.8) is 0 Å². The molecule has 1 amide bonds. The lowest BCUT2D eigenvalue weighted by Gasteiger charge is -2.23. The zero-order valence-electron chi connectivity index (χ0n) is 16.2. The molecule has 0 aliphatic rings. The minimum atomic E-state index is -1.47. The Bertz CT molecular complexity index is 933. The van der Waals surface area contributed by atoms with Gasteiger partial charge in [0.05, 0.1) is 32.0 Å². The van der Waals surface area contributed by atoms with E-state index in [1.54, 1.807) is 31.3 Å². The summed E-state index contributed by atoms with van der Waals surface area (Å²) < 4.78 is 15.2. The van der Waals surface area contributed by atoms with E-state index >= 15 is 0 Å². The summed E-state index contributed by atoms with van der Waals surface area (Å²) in [7, 11) is 5.33. The number of para-hydroxylation sites is 2. The van der Waals surface area contributed by atoms with Crippen LogP contribution in [0.1, 0.15) is 21.8 Å². The number of rotatable bonds is 6. The van der Waals surface area contributed by atoms with E-state index < -0.39 is 23.8 Å². The smallest absolute Gasteiger partial charge is 0.324 e. The monoisotopic (exact) mass is 483 g/mol. The van der Waals surface area contributed by atoms with Crippen molar-refractivity contribution in [2.75, 3.05) is 33.3 Å². The molecule has 0 atom stereocenters. The first-order valence-corrected chi connectivity index (χ1v) is 9.49. The number of esters is 2. The Morgan fingerprint density at radius 1 is 1.03 bits per heavy atom. The number of ether oxygens (including phenoxy) is 3. The highest BCUT2D eigenvalue weighted by atomic mass is 79.9. The predicted octanol–water partition coefficient (Wildman–Crippen LogP) is 3.82. The third-order valence-corrected chi connectivity index (χ3v) is 5.46. The summed E-state index contributed by atoms with van der Waals surface area (Å²) in [4.78, 5) is 39.3. The fourth-order valence-electron chi connectivity index (χ4n) is 2.77. The lowest BCUT2D eigenvalue weighted by Crippen LogP contribution is -2.31. The summed E-state index contributed by atoms with van der Waals surface area (Å²) >= 11 is 9.46. The summed E-state index contributed by atoms with van der Waals surface area (Å²) in [5, 5.41) is 0.217. The summed E-state index contributed by atoms with van der Waals surface area (Å²) in [5.41, 5.74) is 0.656. The number of nitrogens with zero attached hydrogens (tertiary/aromatic N) is 1. The molecule has 0 radical (unpaired) electrons. The molecule has 29 heavy (non-hydrogen) atoms. The summed E-state index contributed by atoms with van der Waals surface area (Å²) in [6, 6.07) is 9.77. The van der Waals surface area contributed by atoms with Crippen LogP contribution >= 0.6 is 27.5 Å². The van der Waals surface area contributed by atoms with E-state index in [-0.39, 0.29) is 16.1 Å². The maximum Gasteiger partial charge on any atom is 0.324 e. The van der Waals surface area contributed by atoms with Gasteiger partial charge in [0.1, 0.15) is 5.75 Å². The molecular weight excluding hydrogens is 466 g/mol. The van der Waals surface area contributed by atoms with Crippen LogP contribution in [0.2, 0.25) is 5.02 Å². The molecule has 154 valence electrons. The summed E-state index contributed by atoms with van der Waals surface area (Å²) in [6.45, 7) is 0. The van der Waals surface area contributed by atoms with Crippen LogP contribution in [0.5, 0.6) is 5.75 Å². The van der Waals surface area contributed by atoms with Gasteiger partial charge in [-0.15, -0.1) is 0 Å². The second kappa shape index (κ2) is 9.76. The Balaban J connectivity index is 2.65. The molecule has 0 aromatic heterocycles. The molecule has 9 heteroatoms. The van der Waals surface area contributed by atoms with Gasteiger partial charge in [-0.2, -0.15) is 0 Å². The van der Waals surface area contributed by atoms with Gasteiger partial charge in [0, 0.05) is 17.1 Å². The largest absolute Gasteiger partial charge is 0.495 e. The molecular formula is C20H19BrClNO6. The van der Waals surface area contributed by atoms with E-state index in [1.807, 2.05) is 0 Å². The number of carbonyl (C=O) groups is 3. The van der Waals surface area contributed by atoms with Crippen molar-refractivity contribution in [1.29, 1.82) is 0 Å². The van der Waals surface area contributed by atoms with Gasteiger partial charge in [-0.3, -0.25) is 14.4 Å². The van der Waals surface area contributed by atoms with Gasteiger partial charge in [0.2, 0.25) is 0 Å². The zero-order valence-corrected chi connectivity index (χ0v) is 18.5. The molecule has 0 N–H and O–H groups in total. The van der Waals surface area contributed by atoms with Gasteiger partial charge in [0.25, 0.3) is 5.91 Å². The molecule has 0 spiro atoms. The van der Waals surface area contributed by atoms with Gasteiger partial charge in [0.15, 0.2) is 5.92 Å². The first kappa shape index (κ1) is 22.7. The van der Waals surface area contributed by atoms with Gasteiger partial charge in [-0.05, 0) is 45.8 Å². The Kier molecular flexibility index (Phi) is 7.64. The van der Waals surface area contributed by atoms with Crippen LogP contribution in [-0.4, -0.2) is 46.2 Å². The lowest BCUT2D eigenvalue weighted by atomic mass is 9.93. The number of amides is 1. The minimum Gasteiger partial charge on any atom is -0.495 e. The number of hydrogen-bond acceptors (Lipinski definition) is 6. The standard InChI is InChI=1S/C20H19BrClNO6/c1-23(15-7-5-6-8-16(15)27-2)18(24)12-9-13(21)14(22)10-11(12)17(19(25)28-3)20(26)29-4/h5-10,17H,1-4H3. The normalized spacial score (nSPS) is 10.4. The van der Waals surface area contributed by atoms with Gasteiger partial charge >= 0.3 is 11.9 Å². The first-order valence-electron chi connectivity index (χ1n) is 8.32. The van der Waals surface area contributed by atoms with E-state index in [2.05, 4.69) is 15.9 Å². The SMILES string of the molecule is COC(=O)C(C(=O)OC)c1cc(Cl)c(Br)cc1C(=O)N(C)c1ccccc1OC. The van der Waals surface area contributed by atoms with Crippen molar-refractivity contribution in [3.05, 3.63) is 57.0 Å². The van der Waals surface area contributed by atoms with Gasteiger partial charge in [-0.1, -0.05) is 23.7 Å². The van der Waals surface area contributed by atoms with E-state index in [1.165, 1.54) is 24.1 Å². The molecule has 0 fully saturated rings. The molecule has 0 bridgehead atoms. The molecule has 0 heterocycles. The zero-order chi connectivity index (χ0) is 21.7. The molecule has 0 aliphatic heterocycles. The first-order chi connectivity index (χ1) is 13.8. The van der Waals surface area contributed by atoms with Gasteiger partial charge < -0.3 is 19.1 Å². The molecule has 2 aromatic carbocycles. The Morgan fingerprint density at radius 2 is 1.62 bits per heavy atom. The number of halogens is 2. The second-order valence-corrected chi connectivity index (χ2v) is 7.13. The van der Waals surface area contributed by atoms with Crippen molar-refractivity contribution >= 4 is 51.1 Å². The average Bonchev–Trinajstić information content (AvgIpc) is 2.74. The van der Waals surface area contributed by atoms with Crippen LogP contribution in [0.3, 0.4) is 0 Å². The third-order valence-electron chi connectivity index (χ3n) is 4.26. The van der Waals surface area contributed by atoms with Crippen molar-refractivity contribution < 1.29 is 28.6 Å². The highest BCUT2D eigenvalue weighted by Crippen LogP contribution is 2.34. The molecule has 2 rings (SSSR count). The minimum absolute atomic E-state index is 0.0728. The quantitative estimate of drug-likeness (QED) is 0.458. The molecule has 0 aliphatic carbocycles. The van der Waals surface area contributed by atoms with E-state index in [0.29, 0.717) is 15.9 Å². The highest BCUT2D eigenvalue weighted by molar-refractivity contribution is 9.10. The molecule has 7 nitrogen and oxygen atoms in total. The number of hydrogen-bond donors (Lipinski definition) is 0. The average molecular weight is 485 g/mol. The Hall–Kier alpha value is -2.58. The van der Waals surface area contributed by atoms with Crippen molar-refractivity contribution in [2.45, 2.75) is 5.92 Å². The fourth-order valence-corrected chi connectivity index (χ4v) is 3.28. The van der Waals surface area contributed by atoms with Crippen LogP contribution in [-0.2, 0) is 19.1 Å². The highest BCUT2D eigenvalue weighted by Gasteiger charge is 2.35. The third kappa shape index (κ3) is 4.71. The fraction of sp³-hybridized carbons (Fsp3) is 0.250. The maximum absolute atomic E-state index is 13.3. The Labute approximate surface area is 181 Å². The van der Waals surface area contributed by atoms with Crippen molar-refractivity contribution in [2.24, 2.45) is 0 Å². The van der Waals surface area contributed by atoms with Crippen LogP contribution in [0.4, 0.5) is 5.69 Å². The van der Waals surface area contributed by atoms with Crippen LogP contribution in [0, 0.1) is 0 Å². The van der Waals surface area contributed by atoms with Crippen molar-refractivity contribution in [3.8, 4) is 5.75 Å². The van der Waals surface area contributed by atoms with E-state index in [4.69, 9.17) is 25.8 Å². The second-order valence-electron chi connectivity index (χ2n) is 5.87. The predicted molar refractivity (Wildman–Crippen MR) is 112 cm³/mol. The van der Waals surface area contributed by atoms with Crippen LogP contribution < -0.4 is 9.64 Å². The lowest BCUT2D eigenvalue weighted by molar-refractivity contribution is -0.154. The van der Waals surface area contributed by atoms with Gasteiger partial charge in [-0.25, -0.2) is 0 Å². The molecule has 2 aromatic rings. The number of carbonyl (C=O) groups excluding carboxylic acids is 3. The van der Waals surface area contributed by atoms with Crippen LogP contribution in [0.15, 0.2) is 40.9 Å². The summed E-state index contributed by atoms with van der Waals surface area (Å²) in [6.07, 6.45) is 0. The molecule has 0 unspecified atom stereocenters. The summed E-state index contributed by atoms with van der Waals surface area (Å²) in [5.74, 6) is -3.22. The van der Waals surface area contributed by atoms with Crippen LogP contribution in [0.25, 0.3) is 0 Å². The molecule has 0 saturated heterocycles. The topological polar surface area (TPSA) is 82.1 Å². The number of methoxy groups -OCH3 is 3. The molecule has 0 saturated carbocycles. The number of benzene rings is 2. The maximum atomic E-state index is 13.3. The van der Waals surface area contributed by atoms with Crippen molar-refractivity contribution in [1.82, 2.24) is 0 Å². The van der Waals surface area contributed by atoms with E-state index in [9.17, 15) is 14.4 Å².